The second kappa shape index (κ2) is 4.88. The van der Waals surface area contributed by atoms with Crippen molar-refractivity contribution >= 4 is 17.7 Å². The van der Waals surface area contributed by atoms with Crippen LogP contribution in [-0.4, -0.2) is 29.2 Å². The van der Waals surface area contributed by atoms with Gasteiger partial charge in [0.05, 0.1) is 0 Å². The Morgan fingerprint density at radius 1 is 1.60 bits per heavy atom. The van der Waals surface area contributed by atoms with E-state index in [0.717, 1.165) is 0 Å². The first-order valence-electron chi connectivity index (χ1n) is 4.90. The first-order chi connectivity index (χ1) is 7.06. The Morgan fingerprint density at radius 2 is 2.27 bits per heavy atom. The molecule has 1 rings (SSSR count). The van der Waals surface area contributed by atoms with Crippen molar-refractivity contribution in [1.82, 2.24) is 10.3 Å². The number of nitrogens with one attached hydrogen (secondary N) is 1. The molecule has 3 N–H and O–H groups in total. The van der Waals surface area contributed by atoms with Crippen LogP contribution >= 0.6 is 0 Å². The minimum Gasteiger partial charge on any atom is -0.294 e. The standard InChI is InChI=1S/C9H15N3O3/c1-6-5-8(14)12(9(6)15)4-2-3-7(13)11-10/h6H,2-5,10H2,1H3,(H,11,13). The lowest BCUT2D eigenvalue weighted by Crippen LogP contribution is -2.33. The van der Waals surface area contributed by atoms with Crippen LogP contribution in [0.1, 0.15) is 26.2 Å². The SMILES string of the molecule is CC1CC(=O)N(CCCC(=O)NN)C1=O. The second-order valence-electron chi connectivity index (χ2n) is 3.66. The fraction of sp³-hybridized carbons (Fsp3) is 0.667. The maximum atomic E-state index is 11.4. The molecule has 6 heteroatoms. The molecule has 1 fully saturated rings. The Labute approximate surface area is 87.8 Å². The van der Waals surface area contributed by atoms with E-state index < -0.39 is 0 Å². The monoisotopic (exact) mass is 213 g/mol. The molecule has 15 heavy (non-hydrogen) atoms. The summed E-state index contributed by atoms with van der Waals surface area (Å²) in [4.78, 5) is 34.8. The zero-order chi connectivity index (χ0) is 11.4. The number of hydrogen-bond donors (Lipinski definition) is 2. The quantitative estimate of drug-likeness (QED) is 0.275. The third-order valence-electron chi connectivity index (χ3n) is 2.42. The predicted molar refractivity (Wildman–Crippen MR) is 52.1 cm³/mol. The van der Waals surface area contributed by atoms with Gasteiger partial charge in [-0.3, -0.25) is 24.7 Å². The van der Waals surface area contributed by atoms with E-state index in [2.05, 4.69) is 0 Å². The molecule has 0 aromatic heterocycles. The summed E-state index contributed by atoms with van der Waals surface area (Å²) in [7, 11) is 0. The molecule has 3 amide bonds. The van der Waals surface area contributed by atoms with Gasteiger partial charge < -0.3 is 0 Å². The number of imide groups is 1. The van der Waals surface area contributed by atoms with Gasteiger partial charge in [0.25, 0.3) is 0 Å². The number of carbonyl (C=O) groups is 3. The number of amides is 3. The lowest BCUT2D eigenvalue weighted by Gasteiger charge is -2.13. The molecule has 0 radical (unpaired) electrons. The minimum atomic E-state index is -0.290. The second-order valence-corrected chi connectivity index (χ2v) is 3.66. The van der Waals surface area contributed by atoms with E-state index in [1.54, 1.807) is 6.92 Å². The summed E-state index contributed by atoms with van der Waals surface area (Å²) < 4.78 is 0. The summed E-state index contributed by atoms with van der Waals surface area (Å²) in [5, 5.41) is 0. The minimum absolute atomic E-state index is 0.145. The highest BCUT2D eigenvalue weighted by molar-refractivity contribution is 6.03. The van der Waals surface area contributed by atoms with Crippen molar-refractivity contribution in [3.8, 4) is 0 Å². The maximum Gasteiger partial charge on any atom is 0.233 e. The molecule has 0 saturated carbocycles. The van der Waals surface area contributed by atoms with E-state index in [1.807, 2.05) is 5.43 Å². The van der Waals surface area contributed by atoms with Crippen LogP contribution in [0.3, 0.4) is 0 Å². The van der Waals surface area contributed by atoms with Gasteiger partial charge in [-0.1, -0.05) is 6.92 Å². The Morgan fingerprint density at radius 3 is 2.73 bits per heavy atom. The highest BCUT2D eigenvalue weighted by atomic mass is 16.2. The summed E-state index contributed by atoms with van der Waals surface area (Å²) in [6, 6.07) is 0. The predicted octanol–water partition coefficient (Wildman–Crippen LogP) is -0.848. The van der Waals surface area contributed by atoms with Gasteiger partial charge in [-0.2, -0.15) is 0 Å². The van der Waals surface area contributed by atoms with E-state index in [9.17, 15) is 14.4 Å². The van der Waals surface area contributed by atoms with Crippen LogP contribution < -0.4 is 11.3 Å². The summed E-state index contributed by atoms with van der Waals surface area (Å²) in [5.41, 5.74) is 1.99. The third-order valence-corrected chi connectivity index (χ3v) is 2.42. The number of carbonyl (C=O) groups excluding carboxylic acids is 3. The van der Waals surface area contributed by atoms with Crippen molar-refractivity contribution in [2.75, 3.05) is 6.54 Å². The molecule has 1 aliphatic rings. The van der Waals surface area contributed by atoms with Crippen LogP contribution in [0.15, 0.2) is 0 Å². The van der Waals surface area contributed by atoms with E-state index in [4.69, 9.17) is 5.84 Å². The van der Waals surface area contributed by atoms with Crippen molar-refractivity contribution in [2.24, 2.45) is 11.8 Å². The Kier molecular flexibility index (Phi) is 3.79. The largest absolute Gasteiger partial charge is 0.294 e. The topological polar surface area (TPSA) is 92.5 Å². The van der Waals surface area contributed by atoms with Crippen LogP contribution in [-0.2, 0) is 14.4 Å². The molecule has 0 bridgehead atoms. The summed E-state index contributed by atoms with van der Waals surface area (Å²) in [6.45, 7) is 2.03. The molecule has 6 nitrogen and oxygen atoms in total. The van der Waals surface area contributed by atoms with E-state index in [-0.39, 0.29) is 36.5 Å². The molecule has 0 aromatic carbocycles. The number of likely N-dealkylation sites (tertiary alicyclic amines) is 1. The Balaban J connectivity index is 2.36. The van der Waals surface area contributed by atoms with Crippen molar-refractivity contribution in [3.63, 3.8) is 0 Å². The summed E-state index contributed by atoms with van der Waals surface area (Å²) >= 11 is 0. The Hall–Kier alpha value is -1.43. The van der Waals surface area contributed by atoms with Crippen LogP contribution in [0.25, 0.3) is 0 Å². The van der Waals surface area contributed by atoms with Crippen LogP contribution in [0, 0.1) is 5.92 Å². The maximum absolute atomic E-state index is 11.4. The average Bonchev–Trinajstić information content (AvgIpc) is 2.44. The van der Waals surface area contributed by atoms with Crippen LogP contribution in [0.5, 0.6) is 0 Å². The van der Waals surface area contributed by atoms with Gasteiger partial charge >= 0.3 is 0 Å². The molecule has 1 unspecified atom stereocenters. The molecule has 0 spiro atoms. The lowest BCUT2D eigenvalue weighted by molar-refractivity contribution is -0.139. The van der Waals surface area contributed by atoms with Gasteiger partial charge in [0.15, 0.2) is 0 Å². The first-order valence-corrected chi connectivity index (χ1v) is 4.90. The molecular formula is C9H15N3O3. The highest BCUT2D eigenvalue weighted by Crippen LogP contribution is 2.18. The fourth-order valence-corrected chi connectivity index (χ4v) is 1.55. The molecular weight excluding hydrogens is 198 g/mol. The van der Waals surface area contributed by atoms with Crippen molar-refractivity contribution < 1.29 is 14.4 Å². The molecule has 0 aromatic rings. The Bertz CT molecular complexity index is 290. The lowest BCUT2D eigenvalue weighted by atomic mass is 10.1. The zero-order valence-electron chi connectivity index (χ0n) is 8.66. The van der Waals surface area contributed by atoms with Crippen molar-refractivity contribution in [1.29, 1.82) is 0 Å². The van der Waals surface area contributed by atoms with Gasteiger partial charge in [-0.25, -0.2) is 5.84 Å². The van der Waals surface area contributed by atoms with Crippen LogP contribution in [0.4, 0.5) is 0 Å². The molecule has 1 aliphatic heterocycles. The van der Waals surface area contributed by atoms with Gasteiger partial charge in [-0.05, 0) is 6.42 Å². The van der Waals surface area contributed by atoms with Crippen molar-refractivity contribution in [2.45, 2.75) is 26.2 Å². The number of hydrazine groups is 1. The van der Waals surface area contributed by atoms with Gasteiger partial charge in [0, 0.05) is 25.3 Å². The summed E-state index contributed by atoms with van der Waals surface area (Å²) in [6.07, 6.45) is 0.955. The number of nitrogens with two attached hydrogens (primary N) is 1. The first kappa shape index (κ1) is 11.6. The van der Waals surface area contributed by atoms with Gasteiger partial charge in [0.1, 0.15) is 0 Å². The van der Waals surface area contributed by atoms with E-state index >= 15 is 0 Å². The number of hydrogen-bond acceptors (Lipinski definition) is 4. The average molecular weight is 213 g/mol. The number of rotatable bonds is 4. The number of nitrogens with zero attached hydrogens (tertiary/aromatic N) is 1. The van der Waals surface area contributed by atoms with Crippen LogP contribution in [0.2, 0.25) is 0 Å². The molecule has 0 aliphatic carbocycles. The van der Waals surface area contributed by atoms with E-state index in [0.29, 0.717) is 13.0 Å². The fourth-order valence-electron chi connectivity index (χ4n) is 1.55. The summed E-state index contributed by atoms with van der Waals surface area (Å²) in [5.74, 6) is 4.09. The van der Waals surface area contributed by atoms with Gasteiger partial charge in [0.2, 0.25) is 17.7 Å². The highest BCUT2D eigenvalue weighted by Gasteiger charge is 2.34. The molecule has 1 saturated heterocycles. The molecule has 1 atom stereocenters. The van der Waals surface area contributed by atoms with E-state index in [1.165, 1.54) is 4.90 Å². The third kappa shape index (κ3) is 2.76. The smallest absolute Gasteiger partial charge is 0.233 e. The molecule has 84 valence electrons. The normalized spacial score (nSPS) is 20.9. The van der Waals surface area contributed by atoms with Gasteiger partial charge in [-0.15, -0.1) is 0 Å². The zero-order valence-corrected chi connectivity index (χ0v) is 8.66. The molecule has 1 heterocycles. The van der Waals surface area contributed by atoms with Crippen molar-refractivity contribution in [3.05, 3.63) is 0 Å².